The molecule has 0 aliphatic carbocycles. The van der Waals surface area contributed by atoms with Gasteiger partial charge < -0.3 is 9.15 Å². The molecule has 4 aromatic rings. The Hall–Kier alpha value is -4.33. The van der Waals surface area contributed by atoms with E-state index in [9.17, 15) is 18.0 Å². The summed E-state index contributed by atoms with van der Waals surface area (Å²) in [5.41, 5.74) is 3.49. The second kappa shape index (κ2) is 8.55. The van der Waals surface area contributed by atoms with Crippen LogP contribution in [0.1, 0.15) is 28.4 Å². The molecule has 0 atom stereocenters. The summed E-state index contributed by atoms with van der Waals surface area (Å²) in [6.07, 6.45) is -3.15. The molecule has 34 heavy (non-hydrogen) atoms. The molecular formula is C26H17F3N2O3. The number of amides is 1. The van der Waals surface area contributed by atoms with Crippen LogP contribution in [-0.4, -0.2) is 12.1 Å². The van der Waals surface area contributed by atoms with Crippen molar-refractivity contribution in [2.45, 2.75) is 12.1 Å². The van der Waals surface area contributed by atoms with Crippen molar-refractivity contribution >= 4 is 12.1 Å². The Morgan fingerprint density at radius 2 is 1.56 bits per heavy atom. The molecule has 1 aliphatic heterocycles. The fourth-order valence-electron chi connectivity index (χ4n) is 3.84. The summed E-state index contributed by atoms with van der Waals surface area (Å²) in [7, 11) is 0. The Balaban J connectivity index is 1.34. The SMILES string of the molecule is O=C(N/N=C/c1ccc(-c2cccc(C(F)(F)F)c2)o1)C1c2ccccc2Oc2ccccc21. The first-order valence-corrected chi connectivity index (χ1v) is 10.4. The summed E-state index contributed by atoms with van der Waals surface area (Å²) in [5, 5.41) is 3.99. The second-order valence-corrected chi connectivity index (χ2v) is 7.63. The molecule has 0 unspecified atom stereocenters. The van der Waals surface area contributed by atoms with Gasteiger partial charge in [0, 0.05) is 16.7 Å². The largest absolute Gasteiger partial charge is 0.457 e. The predicted molar refractivity (Wildman–Crippen MR) is 120 cm³/mol. The van der Waals surface area contributed by atoms with E-state index in [0.29, 0.717) is 11.5 Å². The van der Waals surface area contributed by atoms with Crippen molar-refractivity contribution in [3.63, 3.8) is 0 Å². The Bertz CT molecular complexity index is 1350. The molecule has 1 amide bonds. The molecule has 0 fully saturated rings. The van der Waals surface area contributed by atoms with Gasteiger partial charge in [-0.05, 0) is 36.4 Å². The van der Waals surface area contributed by atoms with Gasteiger partial charge in [-0.2, -0.15) is 18.3 Å². The lowest BCUT2D eigenvalue weighted by Crippen LogP contribution is -2.28. The predicted octanol–water partition coefficient (Wildman–Crippen LogP) is 6.35. The van der Waals surface area contributed by atoms with E-state index in [1.165, 1.54) is 18.3 Å². The van der Waals surface area contributed by atoms with Crippen LogP contribution in [0, 0.1) is 0 Å². The number of hydrogen-bond donors (Lipinski definition) is 1. The number of hydrogen-bond acceptors (Lipinski definition) is 4. The van der Waals surface area contributed by atoms with E-state index in [-0.39, 0.29) is 23.0 Å². The molecule has 1 N–H and O–H groups in total. The quantitative estimate of drug-likeness (QED) is 0.284. The van der Waals surface area contributed by atoms with Crippen molar-refractivity contribution in [2.75, 3.05) is 0 Å². The monoisotopic (exact) mass is 462 g/mol. The zero-order valence-electron chi connectivity index (χ0n) is 17.5. The van der Waals surface area contributed by atoms with Crippen molar-refractivity contribution in [1.82, 2.24) is 5.43 Å². The summed E-state index contributed by atoms with van der Waals surface area (Å²) in [6, 6.07) is 22.5. The lowest BCUT2D eigenvalue weighted by molar-refractivity contribution is -0.137. The number of furan rings is 1. The molecule has 0 saturated carbocycles. The number of alkyl halides is 3. The van der Waals surface area contributed by atoms with Crippen LogP contribution in [-0.2, 0) is 11.0 Å². The topological polar surface area (TPSA) is 63.8 Å². The molecule has 0 saturated heterocycles. The van der Waals surface area contributed by atoms with Crippen molar-refractivity contribution in [2.24, 2.45) is 5.10 Å². The minimum absolute atomic E-state index is 0.256. The lowest BCUT2D eigenvalue weighted by atomic mass is 9.87. The van der Waals surface area contributed by atoms with Crippen LogP contribution in [0.4, 0.5) is 13.2 Å². The van der Waals surface area contributed by atoms with Gasteiger partial charge in [0.15, 0.2) is 0 Å². The van der Waals surface area contributed by atoms with Crippen molar-refractivity contribution in [1.29, 1.82) is 0 Å². The molecular weight excluding hydrogens is 445 g/mol. The summed E-state index contributed by atoms with van der Waals surface area (Å²) in [4.78, 5) is 13.1. The highest BCUT2D eigenvalue weighted by atomic mass is 19.4. The first-order chi connectivity index (χ1) is 16.4. The first kappa shape index (κ1) is 21.5. The standard InChI is InChI=1S/C26H17F3N2O3/c27-26(28,29)17-7-5-6-16(14-17)21-13-12-18(33-21)15-30-31-25(32)24-19-8-1-3-10-22(19)34-23-11-4-2-9-20(23)24/h1-15,24H,(H,31,32)/b30-15+. The van der Waals surface area contributed by atoms with Crippen molar-refractivity contribution in [3.05, 3.63) is 107 Å². The lowest BCUT2D eigenvalue weighted by Gasteiger charge is -2.26. The number of ether oxygens (including phenoxy) is 1. The first-order valence-electron chi connectivity index (χ1n) is 10.4. The van der Waals surface area contributed by atoms with E-state index in [0.717, 1.165) is 23.3 Å². The van der Waals surface area contributed by atoms with Crippen molar-refractivity contribution in [3.8, 4) is 22.8 Å². The highest BCUT2D eigenvalue weighted by molar-refractivity contribution is 5.90. The van der Waals surface area contributed by atoms with Gasteiger partial charge in [-0.25, -0.2) is 5.43 Å². The Morgan fingerprint density at radius 1 is 0.882 bits per heavy atom. The van der Waals surface area contributed by atoms with Gasteiger partial charge in [-0.15, -0.1) is 0 Å². The molecule has 0 bridgehead atoms. The third-order valence-corrected chi connectivity index (χ3v) is 5.41. The van der Waals surface area contributed by atoms with Gasteiger partial charge in [0.05, 0.1) is 17.7 Å². The Labute approximate surface area is 192 Å². The van der Waals surface area contributed by atoms with E-state index in [4.69, 9.17) is 9.15 Å². The number of fused-ring (bicyclic) bond motifs is 2. The fraction of sp³-hybridized carbons (Fsp3) is 0.0769. The van der Waals surface area contributed by atoms with Gasteiger partial charge >= 0.3 is 6.18 Å². The number of nitrogens with one attached hydrogen (secondary N) is 1. The van der Waals surface area contributed by atoms with Crippen LogP contribution in [0.5, 0.6) is 11.5 Å². The van der Waals surface area contributed by atoms with Crippen molar-refractivity contribution < 1.29 is 27.1 Å². The number of hydrazone groups is 1. The Kier molecular flexibility index (Phi) is 5.41. The zero-order valence-corrected chi connectivity index (χ0v) is 17.5. The molecule has 2 heterocycles. The number of para-hydroxylation sites is 2. The normalized spacial score (nSPS) is 13.3. The molecule has 1 aromatic heterocycles. The number of rotatable bonds is 4. The van der Waals surface area contributed by atoms with Gasteiger partial charge in [0.1, 0.15) is 23.0 Å². The van der Waals surface area contributed by atoms with E-state index < -0.39 is 17.7 Å². The number of halogens is 3. The molecule has 3 aromatic carbocycles. The maximum Gasteiger partial charge on any atom is 0.416 e. The van der Waals surface area contributed by atoms with E-state index in [1.807, 2.05) is 36.4 Å². The summed E-state index contributed by atoms with van der Waals surface area (Å²) < 4.78 is 50.4. The maximum absolute atomic E-state index is 13.1. The van der Waals surface area contributed by atoms with E-state index in [1.54, 1.807) is 24.3 Å². The fourth-order valence-corrected chi connectivity index (χ4v) is 3.84. The average molecular weight is 462 g/mol. The molecule has 0 spiro atoms. The zero-order chi connectivity index (χ0) is 23.7. The van der Waals surface area contributed by atoms with E-state index >= 15 is 0 Å². The minimum Gasteiger partial charge on any atom is -0.457 e. The van der Waals surface area contributed by atoms with Crippen LogP contribution in [0.2, 0.25) is 0 Å². The molecule has 1 aliphatic rings. The van der Waals surface area contributed by atoms with Gasteiger partial charge in [0.2, 0.25) is 0 Å². The van der Waals surface area contributed by atoms with Crippen LogP contribution < -0.4 is 10.2 Å². The second-order valence-electron chi connectivity index (χ2n) is 7.63. The molecule has 8 heteroatoms. The minimum atomic E-state index is -4.45. The van der Waals surface area contributed by atoms with Gasteiger partial charge in [0.25, 0.3) is 5.91 Å². The van der Waals surface area contributed by atoms with E-state index in [2.05, 4.69) is 10.5 Å². The van der Waals surface area contributed by atoms with Crippen LogP contribution >= 0.6 is 0 Å². The maximum atomic E-state index is 13.1. The molecule has 5 rings (SSSR count). The van der Waals surface area contributed by atoms with Crippen LogP contribution in [0.3, 0.4) is 0 Å². The highest BCUT2D eigenvalue weighted by Gasteiger charge is 2.32. The molecule has 0 radical (unpaired) electrons. The number of carbonyl (C=O) groups is 1. The van der Waals surface area contributed by atoms with Gasteiger partial charge in [-0.3, -0.25) is 4.79 Å². The Morgan fingerprint density at radius 3 is 2.24 bits per heavy atom. The summed E-state index contributed by atoms with van der Waals surface area (Å²) >= 11 is 0. The third-order valence-electron chi connectivity index (χ3n) is 5.41. The van der Waals surface area contributed by atoms with Gasteiger partial charge in [-0.1, -0.05) is 48.5 Å². The average Bonchev–Trinajstić information content (AvgIpc) is 3.31. The number of nitrogens with zero attached hydrogens (tertiary/aromatic N) is 1. The van der Waals surface area contributed by atoms with Crippen LogP contribution in [0.15, 0.2) is 94.4 Å². The summed E-state index contributed by atoms with van der Waals surface area (Å²) in [6.45, 7) is 0. The third kappa shape index (κ3) is 4.17. The van der Waals surface area contributed by atoms with Crippen LogP contribution in [0.25, 0.3) is 11.3 Å². The molecule has 5 nitrogen and oxygen atoms in total. The number of carbonyl (C=O) groups excluding carboxylic acids is 1. The summed E-state index contributed by atoms with van der Waals surface area (Å²) in [5.74, 6) is 0.760. The molecule has 170 valence electrons. The smallest absolute Gasteiger partial charge is 0.416 e. The number of benzene rings is 3. The highest BCUT2D eigenvalue weighted by Crippen LogP contribution is 2.43.